The van der Waals surface area contributed by atoms with Gasteiger partial charge in [-0.3, -0.25) is 4.57 Å². The van der Waals surface area contributed by atoms with Gasteiger partial charge in [0.15, 0.2) is 17.5 Å². The lowest BCUT2D eigenvalue weighted by Crippen LogP contribution is -2.22. The zero-order chi connectivity index (χ0) is 15.9. The molecular formula is C14H12F3N3O2. The Morgan fingerprint density at radius 3 is 2.55 bits per heavy atom. The Labute approximate surface area is 123 Å². The fourth-order valence-corrected chi connectivity index (χ4v) is 2.29. The highest BCUT2D eigenvalue weighted by Gasteiger charge is 2.19. The maximum absolute atomic E-state index is 13.1. The predicted octanol–water partition coefficient (Wildman–Crippen LogP) is 1.69. The summed E-state index contributed by atoms with van der Waals surface area (Å²) in [5.41, 5.74) is -0.347. The number of halogens is 3. The van der Waals surface area contributed by atoms with E-state index in [1.165, 1.54) is 4.57 Å². The quantitative estimate of drug-likeness (QED) is 0.809. The number of nitrogens with zero attached hydrogens (tertiary/aromatic N) is 3. The van der Waals surface area contributed by atoms with Crippen LogP contribution in [0.25, 0.3) is 0 Å². The number of hydrogen-bond acceptors (Lipinski definition) is 4. The summed E-state index contributed by atoms with van der Waals surface area (Å²) in [6.45, 7) is 1.01. The van der Waals surface area contributed by atoms with Gasteiger partial charge in [0.05, 0.1) is 0 Å². The Morgan fingerprint density at radius 1 is 1.18 bits per heavy atom. The summed E-state index contributed by atoms with van der Waals surface area (Å²) in [7, 11) is 1.83. The van der Waals surface area contributed by atoms with Gasteiger partial charge in [0.25, 0.3) is 0 Å². The molecule has 2 heterocycles. The molecule has 116 valence electrons. The minimum absolute atomic E-state index is 0.0511. The first-order valence-corrected chi connectivity index (χ1v) is 6.55. The average molecular weight is 311 g/mol. The third-order valence-corrected chi connectivity index (χ3v) is 3.45. The molecule has 3 rings (SSSR count). The number of fused-ring (bicyclic) bond motifs is 1. The molecule has 0 radical (unpaired) electrons. The first kappa shape index (κ1) is 14.4. The molecule has 1 aromatic carbocycles. The molecule has 1 aromatic heterocycles. The lowest BCUT2D eigenvalue weighted by Gasteiger charge is -2.12. The van der Waals surface area contributed by atoms with Crippen LogP contribution in [0.1, 0.15) is 5.56 Å². The Hall–Kier alpha value is -2.51. The van der Waals surface area contributed by atoms with Crippen LogP contribution in [0.3, 0.4) is 0 Å². The second kappa shape index (κ2) is 5.36. The van der Waals surface area contributed by atoms with Gasteiger partial charge < -0.3 is 9.64 Å². The Bertz CT molecular complexity index is 768. The van der Waals surface area contributed by atoms with E-state index in [0.717, 1.165) is 12.1 Å². The van der Waals surface area contributed by atoms with Crippen LogP contribution in [0.5, 0.6) is 5.88 Å². The zero-order valence-corrected chi connectivity index (χ0v) is 11.6. The summed E-state index contributed by atoms with van der Waals surface area (Å²) < 4.78 is 45.9. The van der Waals surface area contributed by atoms with Crippen molar-refractivity contribution in [1.29, 1.82) is 0 Å². The van der Waals surface area contributed by atoms with Gasteiger partial charge >= 0.3 is 5.69 Å². The van der Waals surface area contributed by atoms with Crippen LogP contribution < -0.4 is 15.3 Å². The Morgan fingerprint density at radius 2 is 1.86 bits per heavy atom. The Kier molecular flexibility index (Phi) is 3.51. The summed E-state index contributed by atoms with van der Waals surface area (Å²) in [6, 6.07) is 3.25. The smallest absolute Gasteiger partial charge is 0.352 e. The number of anilines is 1. The van der Waals surface area contributed by atoms with Crippen LogP contribution in [0.15, 0.2) is 23.0 Å². The number of likely N-dealkylation sites (N-methyl/N-ethyl adjacent to an activating group) is 1. The summed E-state index contributed by atoms with van der Waals surface area (Å²) in [4.78, 5) is 17.4. The van der Waals surface area contributed by atoms with Gasteiger partial charge in [-0.25, -0.2) is 18.0 Å². The monoisotopic (exact) mass is 311 g/mol. The van der Waals surface area contributed by atoms with Crippen molar-refractivity contribution in [2.24, 2.45) is 0 Å². The number of benzene rings is 1. The summed E-state index contributed by atoms with van der Waals surface area (Å²) in [5.74, 6) is -3.40. The molecule has 0 saturated heterocycles. The van der Waals surface area contributed by atoms with Crippen molar-refractivity contribution in [3.63, 3.8) is 0 Å². The van der Waals surface area contributed by atoms with Crippen LogP contribution in [0, 0.1) is 17.5 Å². The van der Waals surface area contributed by atoms with E-state index in [2.05, 4.69) is 4.98 Å². The fraction of sp³-hybridized carbons (Fsp3) is 0.286. The highest BCUT2D eigenvalue weighted by molar-refractivity contribution is 5.44. The summed E-state index contributed by atoms with van der Waals surface area (Å²) >= 11 is 0. The third kappa shape index (κ3) is 2.51. The third-order valence-electron chi connectivity index (χ3n) is 3.45. The molecule has 22 heavy (non-hydrogen) atoms. The largest absolute Gasteiger partial charge is 0.473 e. The van der Waals surface area contributed by atoms with E-state index in [-0.39, 0.29) is 18.1 Å². The van der Waals surface area contributed by atoms with E-state index in [9.17, 15) is 18.0 Å². The van der Waals surface area contributed by atoms with Crippen molar-refractivity contribution in [3.05, 3.63) is 51.7 Å². The minimum atomic E-state index is -1.53. The summed E-state index contributed by atoms with van der Waals surface area (Å²) in [5, 5.41) is 0. The molecule has 0 atom stereocenters. The van der Waals surface area contributed by atoms with Crippen molar-refractivity contribution in [2.45, 2.75) is 13.2 Å². The normalized spacial score (nSPS) is 13.4. The second-order valence-corrected chi connectivity index (χ2v) is 4.97. The van der Waals surface area contributed by atoms with E-state index in [4.69, 9.17) is 4.74 Å². The maximum Gasteiger partial charge on any atom is 0.352 e. The molecule has 0 fully saturated rings. The highest BCUT2D eigenvalue weighted by Crippen LogP contribution is 2.21. The molecule has 0 unspecified atom stereocenters. The van der Waals surface area contributed by atoms with E-state index in [1.54, 1.807) is 6.07 Å². The maximum atomic E-state index is 13.1. The molecule has 5 nitrogen and oxygen atoms in total. The SMILES string of the molecule is CN1CCn2c1cc(OCc1cc(F)c(F)c(F)c1)nc2=O. The van der Waals surface area contributed by atoms with Crippen LogP contribution in [-0.2, 0) is 13.2 Å². The molecule has 0 amide bonds. The van der Waals surface area contributed by atoms with Crippen LogP contribution in [0.4, 0.5) is 19.0 Å². The lowest BCUT2D eigenvalue weighted by molar-refractivity contribution is 0.289. The highest BCUT2D eigenvalue weighted by atomic mass is 19.2. The molecule has 0 N–H and O–H groups in total. The van der Waals surface area contributed by atoms with Crippen molar-refractivity contribution >= 4 is 5.82 Å². The minimum Gasteiger partial charge on any atom is -0.473 e. The standard InChI is InChI=1S/C14H12F3N3O2/c1-19-2-3-20-12(19)6-11(18-14(20)21)22-7-8-4-9(15)13(17)10(16)5-8/h4-6H,2-3,7H2,1H3. The first-order chi connectivity index (χ1) is 10.5. The number of rotatable bonds is 3. The van der Waals surface area contributed by atoms with Gasteiger partial charge in [-0.1, -0.05) is 0 Å². The van der Waals surface area contributed by atoms with Gasteiger partial charge in [0.1, 0.15) is 12.4 Å². The van der Waals surface area contributed by atoms with Gasteiger partial charge in [0, 0.05) is 26.2 Å². The molecule has 0 saturated carbocycles. The van der Waals surface area contributed by atoms with Crippen molar-refractivity contribution < 1.29 is 17.9 Å². The van der Waals surface area contributed by atoms with Crippen LogP contribution >= 0.6 is 0 Å². The van der Waals surface area contributed by atoms with Gasteiger partial charge in [0.2, 0.25) is 5.88 Å². The molecule has 1 aliphatic heterocycles. The number of hydrogen-bond donors (Lipinski definition) is 0. The molecule has 0 bridgehead atoms. The topological polar surface area (TPSA) is 47.4 Å². The fourth-order valence-electron chi connectivity index (χ4n) is 2.29. The average Bonchev–Trinajstić information content (AvgIpc) is 2.84. The molecule has 2 aromatic rings. The number of aromatic nitrogens is 2. The lowest BCUT2D eigenvalue weighted by atomic mass is 10.2. The van der Waals surface area contributed by atoms with Crippen molar-refractivity contribution in [1.82, 2.24) is 9.55 Å². The second-order valence-electron chi connectivity index (χ2n) is 4.97. The zero-order valence-electron chi connectivity index (χ0n) is 11.6. The molecule has 0 aliphatic carbocycles. The van der Waals surface area contributed by atoms with Crippen molar-refractivity contribution in [3.8, 4) is 5.88 Å². The van der Waals surface area contributed by atoms with E-state index >= 15 is 0 Å². The van der Waals surface area contributed by atoms with Gasteiger partial charge in [-0.2, -0.15) is 4.98 Å². The van der Waals surface area contributed by atoms with Gasteiger partial charge in [-0.05, 0) is 17.7 Å². The number of ether oxygens (including phenoxy) is 1. The van der Waals surface area contributed by atoms with E-state index < -0.39 is 23.1 Å². The molecule has 0 spiro atoms. The van der Waals surface area contributed by atoms with E-state index in [0.29, 0.717) is 18.9 Å². The van der Waals surface area contributed by atoms with E-state index in [1.807, 2.05) is 11.9 Å². The Balaban J connectivity index is 1.82. The van der Waals surface area contributed by atoms with Crippen LogP contribution in [-0.4, -0.2) is 23.1 Å². The molecule has 8 heteroatoms. The van der Waals surface area contributed by atoms with Crippen LogP contribution in [0.2, 0.25) is 0 Å². The summed E-state index contributed by atoms with van der Waals surface area (Å²) in [6.07, 6.45) is 0. The first-order valence-electron chi connectivity index (χ1n) is 6.55. The molecule has 1 aliphatic rings. The van der Waals surface area contributed by atoms with Gasteiger partial charge in [-0.15, -0.1) is 0 Å². The predicted molar refractivity (Wildman–Crippen MR) is 72.4 cm³/mol. The molecular weight excluding hydrogens is 299 g/mol. The van der Waals surface area contributed by atoms with Crippen molar-refractivity contribution in [2.75, 3.05) is 18.5 Å².